The number of nitrogens with one attached hydrogen (secondary N) is 1. The molecule has 0 saturated heterocycles. The summed E-state index contributed by atoms with van der Waals surface area (Å²) in [6.45, 7) is 0. The highest BCUT2D eigenvalue weighted by molar-refractivity contribution is 6.30. The third-order valence-corrected chi connectivity index (χ3v) is 3.52. The molecule has 2 nitrogen and oxygen atoms in total. The Labute approximate surface area is 111 Å². The molecule has 0 aromatic heterocycles. The molecule has 1 aliphatic rings. The van der Waals surface area contributed by atoms with E-state index in [0.29, 0.717) is 5.02 Å². The first-order valence-corrected chi connectivity index (χ1v) is 6.26. The first kappa shape index (κ1) is 11.3. The number of fused-ring (bicyclic) bond motifs is 1. The van der Waals surface area contributed by atoms with Crippen LogP contribution in [0.4, 0.5) is 0 Å². The predicted molar refractivity (Wildman–Crippen MR) is 71.8 cm³/mol. The molecule has 1 N–H and O–H groups in total. The van der Waals surface area contributed by atoms with Crippen molar-refractivity contribution in [1.29, 1.82) is 0 Å². The summed E-state index contributed by atoms with van der Waals surface area (Å²) in [7, 11) is 0. The maximum absolute atomic E-state index is 12.0. The molecule has 0 fully saturated rings. The van der Waals surface area contributed by atoms with Crippen LogP contribution >= 0.6 is 11.6 Å². The molecule has 2 aromatic carbocycles. The molecule has 0 spiro atoms. The van der Waals surface area contributed by atoms with Crippen LogP contribution in [0.15, 0.2) is 48.5 Å². The Morgan fingerprint density at radius 3 is 2.56 bits per heavy atom. The lowest BCUT2D eigenvalue weighted by molar-refractivity contribution is 0.0925. The summed E-state index contributed by atoms with van der Waals surface area (Å²) >= 11 is 5.87. The van der Waals surface area contributed by atoms with Crippen LogP contribution in [-0.2, 0) is 6.42 Å². The Kier molecular flexibility index (Phi) is 2.80. The van der Waals surface area contributed by atoms with Gasteiger partial charge in [0.25, 0.3) is 5.91 Å². The minimum atomic E-state index is -0.00296. The van der Waals surface area contributed by atoms with Crippen molar-refractivity contribution < 1.29 is 4.79 Å². The van der Waals surface area contributed by atoms with Crippen LogP contribution in [-0.4, -0.2) is 5.91 Å². The number of hydrogen-bond donors (Lipinski definition) is 1. The maximum Gasteiger partial charge on any atom is 0.252 e. The number of rotatable bonds is 1. The Bertz CT molecular complexity index is 592. The molecule has 3 rings (SSSR count). The number of halogens is 1. The van der Waals surface area contributed by atoms with Crippen molar-refractivity contribution in [3.05, 3.63) is 70.2 Å². The zero-order valence-corrected chi connectivity index (χ0v) is 10.4. The van der Waals surface area contributed by atoms with Crippen LogP contribution in [0.3, 0.4) is 0 Å². The Morgan fingerprint density at radius 1 is 1.06 bits per heavy atom. The highest BCUT2D eigenvalue weighted by Crippen LogP contribution is 2.26. The number of hydrogen-bond acceptors (Lipinski definition) is 1. The summed E-state index contributed by atoms with van der Waals surface area (Å²) in [5, 5.41) is 3.74. The molecule has 1 atom stereocenters. The van der Waals surface area contributed by atoms with Gasteiger partial charge < -0.3 is 5.32 Å². The van der Waals surface area contributed by atoms with Crippen LogP contribution in [0.5, 0.6) is 0 Å². The van der Waals surface area contributed by atoms with E-state index in [1.807, 2.05) is 48.5 Å². The van der Waals surface area contributed by atoms with E-state index in [4.69, 9.17) is 11.6 Å². The largest absolute Gasteiger partial charge is 0.345 e. The van der Waals surface area contributed by atoms with E-state index in [1.165, 1.54) is 0 Å². The molecule has 1 unspecified atom stereocenters. The lowest BCUT2D eigenvalue weighted by atomic mass is 9.91. The van der Waals surface area contributed by atoms with E-state index in [9.17, 15) is 4.79 Å². The summed E-state index contributed by atoms with van der Waals surface area (Å²) in [4.78, 5) is 12.0. The molecule has 18 heavy (non-hydrogen) atoms. The molecular formula is C15H12ClNO. The molecule has 1 heterocycles. The lowest BCUT2D eigenvalue weighted by Gasteiger charge is -2.26. The minimum Gasteiger partial charge on any atom is -0.345 e. The van der Waals surface area contributed by atoms with Crippen molar-refractivity contribution in [3.8, 4) is 0 Å². The van der Waals surface area contributed by atoms with Crippen LogP contribution in [0, 0.1) is 0 Å². The van der Waals surface area contributed by atoms with Gasteiger partial charge in [-0.1, -0.05) is 41.9 Å². The maximum atomic E-state index is 12.0. The fourth-order valence-electron chi connectivity index (χ4n) is 2.32. The van der Waals surface area contributed by atoms with Crippen LogP contribution in [0.2, 0.25) is 5.02 Å². The van der Waals surface area contributed by atoms with Gasteiger partial charge in [-0.15, -0.1) is 0 Å². The number of amides is 1. The van der Waals surface area contributed by atoms with Crippen molar-refractivity contribution in [2.45, 2.75) is 12.5 Å². The molecule has 0 radical (unpaired) electrons. The van der Waals surface area contributed by atoms with E-state index in [-0.39, 0.29) is 11.9 Å². The summed E-state index contributed by atoms with van der Waals surface area (Å²) in [5.74, 6) is -0.00296. The molecule has 0 saturated carbocycles. The number of benzene rings is 2. The SMILES string of the molecule is O=C1NC(c2ccc(Cl)cc2)Cc2ccccc21. The monoisotopic (exact) mass is 257 g/mol. The minimum absolute atomic E-state index is 0.00296. The van der Waals surface area contributed by atoms with Gasteiger partial charge in [0.1, 0.15) is 0 Å². The highest BCUT2D eigenvalue weighted by atomic mass is 35.5. The topological polar surface area (TPSA) is 29.1 Å². The number of carbonyl (C=O) groups excluding carboxylic acids is 1. The van der Waals surface area contributed by atoms with Crippen LogP contribution in [0.25, 0.3) is 0 Å². The van der Waals surface area contributed by atoms with Crippen molar-refractivity contribution >= 4 is 17.5 Å². The molecule has 0 bridgehead atoms. The van der Waals surface area contributed by atoms with Crippen LogP contribution < -0.4 is 5.32 Å². The van der Waals surface area contributed by atoms with Gasteiger partial charge in [-0.2, -0.15) is 0 Å². The highest BCUT2D eigenvalue weighted by Gasteiger charge is 2.24. The third-order valence-electron chi connectivity index (χ3n) is 3.26. The van der Waals surface area contributed by atoms with Crippen molar-refractivity contribution in [2.75, 3.05) is 0 Å². The standard InChI is InChI=1S/C15H12ClNO/c16-12-7-5-10(6-8-12)14-9-11-3-1-2-4-13(11)15(18)17-14/h1-8,14H,9H2,(H,17,18). The van der Waals surface area contributed by atoms with E-state index < -0.39 is 0 Å². The Morgan fingerprint density at radius 2 is 1.78 bits per heavy atom. The first-order valence-electron chi connectivity index (χ1n) is 5.88. The predicted octanol–water partition coefficient (Wildman–Crippen LogP) is 3.37. The third kappa shape index (κ3) is 2.00. The quantitative estimate of drug-likeness (QED) is 0.834. The van der Waals surface area contributed by atoms with E-state index in [2.05, 4.69) is 5.32 Å². The smallest absolute Gasteiger partial charge is 0.252 e. The van der Waals surface area contributed by atoms with Gasteiger partial charge in [0, 0.05) is 10.6 Å². The Hall–Kier alpha value is -1.80. The molecule has 0 aliphatic carbocycles. The van der Waals surface area contributed by atoms with Gasteiger partial charge in [0.05, 0.1) is 6.04 Å². The van der Waals surface area contributed by atoms with Crippen LogP contribution in [0.1, 0.15) is 27.5 Å². The molecule has 3 heteroatoms. The fraction of sp³-hybridized carbons (Fsp3) is 0.133. The van der Waals surface area contributed by atoms with E-state index in [1.54, 1.807) is 0 Å². The van der Waals surface area contributed by atoms with Crippen molar-refractivity contribution in [1.82, 2.24) is 5.32 Å². The molecule has 2 aromatic rings. The Balaban J connectivity index is 1.94. The van der Waals surface area contributed by atoms with Gasteiger partial charge >= 0.3 is 0 Å². The van der Waals surface area contributed by atoms with E-state index in [0.717, 1.165) is 23.1 Å². The van der Waals surface area contributed by atoms with Gasteiger partial charge in [0.15, 0.2) is 0 Å². The normalized spacial score (nSPS) is 18.1. The summed E-state index contributed by atoms with van der Waals surface area (Å²) < 4.78 is 0. The average Bonchev–Trinajstić information content (AvgIpc) is 2.39. The fourth-order valence-corrected chi connectivity index (χ4v) is 2.45. The summed E-state index contributed by atoms with van der Waals surface area (Å²) in [6, 6.07) is 15.4. The first-order chi connectivity index (χ1) is 8.74. The van der Waals surface area contributed by atoms with E-state index >= 15 is 0 Å². The molecule has 1 aliphatic heterocycles. The van der Waals surface area contributed by atoms with Gasteiger partial charge in [-0.05, 0) is 35.7 Å². The molecular weight excluding hydrogens is 246 g/mol. The van der Waals surface area contributed by atoms with Crippen molar-refractivity contribution in [2.24, 2.45) is 0 Å². The lowest BCUT2D eigenvalue weighted by Crippen LogP contribution is -2.35. The average molecular weight is 258 g/mol. The zero-order chi connectivity index (χ0) is 12.5. The molecule has 1 amide bonds. The second-order valence-electron chi connectivity index (χ2n) is 4.44. The second kappa shape index (κ2) is 4.46. The van der Waals surface area contributed by atoms with Crippen molar-refractivity contribution in [3.63, 3.8) is 0 Å². The van der Waals surface area contributed by atoms with Gasteiger partial charge in [0.2, 0.25) is 0 Å². The zero-order valence-electron chi connectivity index (χ0n) is 9.69. The molecule has 90 valence electrons. The summed E-state index contributed by atoms with van der Waals surface area (Å²) in [5.41, 5.74) is 2.96. The number of carbonyl (C=O) groups is 1. The summed E-state index contributed by atoms with van der Waals surface area (Å²) in [6.07, 6.45) is 0.823. The van der Waals surface area contributed by atoms with Gasteiger partial charge in [-0.3, -0.25) is 4.79 Å². The second-order valence-corrected chi connectivity index (χ2v) is 4.88. The van der Waals surface area contributed by atoms with Gasteiger partial charge in [-0.25, -0.2) is 0 Å².